The van der Waals surface area contributed by atoms with Gasteiger partial charge in [0.2, 0.25) is 21.8 Å². The summed E-state index contributed by atoms with van der Waals surface area (Å²) in [7, 11) is -2.68. The van der Waals surface area contributed by atoms with Gasteiger partial charge in [0, 0.05) is 35.3 Å². The Hall–Kier alpha value is -2.43. The van der Waals surface area contributed by atoms with E-state index in [0.29, 0.717) is 15.9 Å². The number of nitrogens with zero attached hydrogens (tertiary/aromatic N) is 2. The van der Waals surface area contributed by atoms with Crippen molar-refractivity contribution >= 4 is 50.7 Å². The smallest absolute Gasteiger partial charge is 0.244 e. The number of carbonyl (C=O) groups excluding carboxylic acids is 2. The molecule has 0 aliphatic carbocycles. The second-order valence-corrected chi connectivity index (χ2v) is 9.85. The molecular formula is C21H23Cl2F2N3O4S. The monoisotopic (exact) mass is 521 g/mol. The predicted octanol–water partition coefficient (Wildman–Crippen LogP) is 3.59. The first kappa shape index (κ1) is 26.8. The summed E-state index contributed by atoms with van der Waals surface area (Å²) < 4.78 is 52.6. The van der Waals surface area contributed by atoms with Crippen LogP contribution < -0.4 is 9.62 Å². The lowest BCUT2D eigenvalue weighted by atomic mass is 10.1. The van der Waals surface area contributed by atoms with Crippen LogP contribution in [0.25, 0.3) is 0 Å². The zero-order valence-corrected chi connectivity index (χ0v) is 20.4. The minimum absolute atomic E-state index is 0.182. The van der Waals surface area contributed by atoms with E-state index in [1.54, 1.807) is 25.1 Å². The van der Waals surface area contributed by atoms with Crippen molar-refractivity contribution in [1.29, 1.82) is 0 Å². The molecule has 0 aromatic heterocycles. The van der Waals surface area contributed by atoms with Gasteiger partial charge in [-0.3, -0.25) is 13.9 Å². The minimum Gasteiger partial charge on any atom is -0.357 e. The lowest BCUT2D eigenvalue weighted by Gasteiger charge is -2.33. The van der Waals surface area contributed by atoms with Crippen LogP contribution in [0.3, 0.4) is 0 Å². The standard InChI is InChI=1S/C21H23Cl2F2N3O4S/c1-4-19(21(30)26-2)27(11-14-15(22)6-5-7-16(14)23)20(29)12-28(33(3,31)32)13-8-9-17(24)18(25)10-13/h5-10,19H,4,11-12H2,1-3H3,(H,26,30)/t19-/m1/s1. The fraction of sp³-hybridized carbons (Fsp3) is 0.333. The molecule has 7 nitrogen and oxygen atoms in total. The van der Waals surface area contributed by atoms with E-state index >= 15 is 0 Å². The van der Waals surface area contributed by atoms with Crippen molar-refractivity contribution in [2.24, 2.45) is 0 Å². The van der Waals surface area contributed by atoms with Crippen LogP contribution in [0.1, 0.15) is 18.9 Å². The lowest BCUT2D eigenvalue weighted by Crippen LogP contribution is -2.51. The Bertz CT molecular complexity index is 1130. The lowest BCUT2D eigenvalue weighted by molar-refractivity contribution is -0.140. The second kappa shape index (κ2) is 11.1. The maximum Gasteiger partial charge on any atom is 0.244 e. The summed E-state index contributed by atoms with van der Waals surface area (Å²) in [5.74, 6) is -3.69. The zero-order chi connectivity index (χ0) is 24.9. The number of hydrogen-bond donors (Lipinski definition) is 1. The quantitative estimate of drug-likeness (QED) is 0.546. The molecule has 0 saturated carbocycles. The van der Waals surface area contributed by atoms with Crippen LogP contribution in [0.2, 0.25) is 10.0 Å². The minimum atomic E-state index is -4.08. The summed E-state index contributed by atoms with van der Waals surface area (Å²) in [6.07, 6.45) is 1.03. The van der Waals surface area contributed by atoms with Crippen LogP contribution in [0.4, 0.5) is 14.5 Å². The summed E-state index contributed by atoms with van der Waals surface area (Å²) in [4.78, 5) is 27.0. The Morgan fingerprint density at radius 2 is 1.70 bits per heavy atom. The highest BCUT2D eigenvalue weighted by Crippen LogP contribution is 2.28. The SMILES string of the molecule is CC[C@H](C(=O)NC)N(Cc1c(Cl)cccc1Cl)C(=O)CN(c1ccc(F)c(F)c1)S(C)(=O)=O. The van der Waals surface area contributed by atoms with Gasteiger partial charge in [0.05, 0.1) is 11.9 Å². The average Bonchev–Trinajstić information content (AvgIpc) is 2.74. The van der Waals surface area contributed by atoms with Gasteiger partial charge >= 0.3 is 0 Å². The molecule has 0 spiro atoms. The second-order valence-electron chi connectivity index (χ2n) is 7.13. The van der Waals surface area contributed by atoms with Gasteiger partial charge in [-0.05, 0) is 30.7 Å². The van der Waals surface area contributed by atoms with Crippen molar-refractivity contribution in [3.8, 4) is 0 Å². The number of benzene rings is 2. The molecule has 0 heterocycles. The topological polar surface area (TPSA) is 86.8 Å². The first-order valence-corrected chi connectivity index (χ1v) is 12.4. The fourth-order valence-electron chi connectivity index (χ4n) is 3.19. The third kappa shape index (κ3) is 6.55. The van der Waals surface area contributed by atoms with Gasteiger partial charge in [0.15, 0.2) is 11.6 Å². The summed E-state index contributed by atoms with van der Waals surface area (Å²) >= 11 is 12.5. The van der Waals surface area contributed by atoms with E-state index in [1.165, 1.54) is 7.05 Å². The van der Waals surface area contributed by atoms with Crippen molar-refractivity contribution in [3.63, 3.8) is 0 Å². The van der Waals surface area contributed by atoms with Gasteiger partial charge in [-0.25, -0.2) is 17.2 Å². The number of hydrogen-bond acceptors (Lipinski definition) is 4. The highest BCUT2D eigenvalue weighted by molar-refractivity contribution is 7.92. The highest BCUT2D eigenvalue weighted by atomic mass is 35.5. The first-order valence-electron chi connectivity index (χ1n) is 9.77. The molecule has 12 heteroatoms. The van der Waals surface area contributed by atoms with Gasteiger partial charge in [0.25, 0.3) is 0 Å². The number of nitrogens with one attached hydrogen (secondary N) is 1. The Labute approximate surface area is 201 Å². The van der Waals surface area contributed by atoms with Crippen LogP contribution >= 0.6 is 23.2 Å². The van der Waals surface area contributed by atoms with Crippen molar-refractivity contribution in [2.45, 2.75) is 25.9 Å². The van der Waals surface area contributed by atoms with Crippen LogP contribution in [-0.4, -0.2) is 51.0 Å². The van der Waals surface area contributed by atoms with E-state index in [4.69, 9.17) is 23.2 Å². The number of amides is 2. The third-order valence-electron chi connectivity index (χ3n) is 4.89. The molecule has 1 atom stereocenters. The van der Waals surface area contributed by atoms with Gasteiger partial charge < -0.3 is 10.2 Å². The maximum absolute atomic E-state index is 13.8. The van der Waals surface area contributed by atoms with Gasteiger partial charge in [-0.15, -0.1) is 0 Å². The first-order chi connectivity index (χ1) is 15.4. The number of halogens is 4. The van der Waals surface area contributed by atoms with E-state index in [0.717, 1.165) is 23.3 Å². The number of rotatable bonds is 9. The number of carbonyl (C=O) groups is 2. The largest absolute Gasteiger partial charge is 0.357 e. The molecule has 2 aromatic carbocycles. The van der Waals surface area contributed by atoms with Crippen LogP contribution in [0.15, 0.2) is 36.4 Å². The molecule has 0 fully saturated rings. The Kier molecular flexibility index (Phi) is 9.04. The van der Waals surface area contributed by atoms with E-state index in [2.05, 4.69) is 5.32 Å². The normalized spacial score (nSPS) is 12.2. The number of anilines is 1. The van der Waals surface area contributed by atoms with Crippen LogP contribution in [0, 0.1) is 11.6 Å². The Balaban J connectivity index is 2.51. The zero-order valence-electron chi connectivity index (χ0n) is 18.1. The van der Waals surface area contributed by atoms with Crippen molar-refractivity contribution < 1.29 is 26.8 Å². The molecule has 1 N–H and O–H groups in total. The number of sulfonamides is 1. The number of likely N-dealkylation sites (N-methyl/N-ethyl adjacent to an activating group) is 1. The van der Waals surface area contributed by atoms with E-state index in [9.17, 15) is 26.8 Å². The molecular weight excluding hydrogens is 499 g/mol. The third-order valence-corrected chi connectivity index (χ3v) is 6.74. The summed E-state index contributed by atoms with van der Waals surface area (Å²) in [5.41, 5.74) is 0.128. The van der Waals surface area contributed by atoms with E-state index < -0.39 is 46.1 Å². The molecule has 0 aliphatic rings. The van der Waals surface area contributed by atoms with Crippen molar-refractivity contribution in [2.75, 3.05) is 24.2 Å². The Morgan fingerprint density at radius 1 is 1.09 bits per heavy atom. The molecule has 0 radical (unpaired) electrons. The summed E-state index contributed by atoms with van der Waals surface area (Å²) in [6, 6.07) is 6.25. The molecule has 0 aliphatic heterocycles. The highest BCUT2D eigenvalue weighted by Gasteiger charge is 2.32. The van der Waals surface area contributed by atoms with E-state index in [-0.39, 0.29) is 28.7 Å². The van der Waals surface area contributed by atoms with E-state index in [1.807, 2.05) is 0 Å². The van der Waals surface area contributed by atoms with Crippen molar-refractivity contribution in [1.82, 2.24) is 10.2 Å². The molecule has 0 unspecified atom stereocenters. The molecule has 0 bridgehead atoms. The predicted molar refractivity (Wildman–Crippen MR) is 124 cm³/mol. The molecule has 180 valence electrons. The molecule has 2 aromatic rings. The maximum atomic E-state index is 13.8. The Morgan fingerprint density at radius 3 is 2.18 bits per heavy atom. The van der Waals surface area contributed by atoms with Crippen molar-refractivity contribution in [3.05, 3.63) is 63.6 Å². The fourth-order valence-corrected chi connectivity index (χ4v) is 4.55. The van der Waals surface area contributed by atoms with Gasteiger partial charge in [-0.1, -0.05) is 36.2 Å². The summed E-state index contributed by atoms with van der Waals surface area (Å²) in [6.45, 7) is 0.732. The summed E-state index contributed by atoms with van der Waals surface area (Å²) in [5, 5.41) is 2.99. The molecule has 33 heavy (non-hydrogen) atoms. The molecule has 2 rings (SSSR count). The average molecular weight is 522 g/mol. The van der Waals surface area contributed by atoms with Gasteiger partial charge in [-0.2, -0.15) is 0 Å². The van der Waals surface area contributed by atoms with Crippen LogP contribution in [0.5, 0.6) is 0 Å². The molecule has 2 amide bonds. The van der Waals surface area contributed by atoms with Gasteiger partial charge in [0.1, 0.15) is 12.6 Å². The molecule has 0 saturated heterocycles. The van der Waals surface area contributed by atoms with Crippen LogP contribution in [-0.2, 0) is 26.2 Å².